The minimum absolute atomic E-state index is 0.347. The van der Waals surface area contributed by atoms with Crippen LogP contribution in [0.5, 0.6) is 0 Å². The molecule has 1 fully saturated rings. The molecule has 1 aromatic heterocycles. The molecule has 1 atom stereocenters. The molecule has 0 radical (unpaired) electrons. The lowest BCUT2D eigenvalue weighted by Gasteiger charge is -2.08. The maximum Gasteiger partial charge on any atom is 0.156 e. The van der Waals surface area contributed by atoms with Gasteiger partial charge in [0.05, 0.1) is 6.10 Å². The van der Waals surface area contributed by atoms with Crippen molar-refractivity contribution >= 4 is 23.4 Å². The molecule has 0 aliphatic carbocycles. The topological polar surface area (TPSA) is 44.2 Å². The predicted octanol–water partition coefficient (Wildman–Crippen LogP) is 2.55. The van der Waals surface area contributed by atoms with Gasteiger partial charge < -0.3 is 9.47 Å². The molecular weight excluding hydrogens is 260 g/mol. The van der Waals surface area contributed by atoms with Crippen molar-refractivity contribution in [2.75, 3.05) is 19.5 Å². The zero-order valence-corrected chi connectivity index (χ0v) is 11.3. The molecule has 2 rings (SSSR count). The minimum Gasteiger partial charge on any atom is -0.377 e. The smallest absolute Gasteiger partial charge is 0.156 e. The van der Waals surface area contributed by atoms with E-state index in [1.807, 2.05) is 0 Å². The third kappa shape index (κ3) is 4.10. The highest BCUT2D eigenvalue weighted by molar-refractivity contribution is 7.99. The lowest BCUT2D eigenvalue weighted by molar-refractivity contribution is 0.129. The fraction of sp³-hybridized carbons (Fsp3) is 0.636. The maximum atomic E-state index is 5.93. The average Bonchev–Trinajstić information content (AvgIpc) is 2.79. The fourth-order valence-corrected chi connectivity index (χ4v) is 2.91. The van der Waals surface area contributed by atoms with Gasteiger partial charge in [-0.25, -0.2) is 9.97 Å². The van der Waals surface area contributed by atoms with Crippen molar-refractivity contribution in [3.8, 4) is 0 Å². The van der Waals surface area contributed by atoms with Crippen molar-refractivity contribution in [3.05, 3.63) is 17.0 Å². The van der Waals surface area contributed by atoms with Crippen molar-refractivity contribution in [1.82, 2.24) is 9.97 Å². The van der Waals surface area contributed by atoms with Crippen LogP contribution < -0.4 is 0 Å². The Morgan fingerprint density at radius 2 is 2.47 bits per heavy atom. The molecule has 0 aromatic carbocycles. The number of hydrogen-bond acceptors (Lipinski definition) is 5. The van der Waals surface area contributed by atoms with Gasteiger partial charge in [-0.3, -0.25) is 0 Å². The minimum atomic E-state index is 0.347. The Kier molecular flexibility index (Phi) is 5.03. The average molecular weight is 275 g/mol. The molecular formula is C11H15ClN2O2S. The van der Waals surface area contributed by atoms with Gasteiger partial charge in [0.1, 0.15) is 16.8 Å². The second kappa shape index (κ2) is 6.54. The molecule has 0 saturated carbocycles. The van der Waals surface area contributed by atoms with Gasteiger partial charge in [0.15, 0.2) is 5.82 Å². The number of methoxy groups -OCH3 is 1. The SMILES string of the molecule is COCc1nc(Cl)cc(SCC2CCCO2)n1. The molecule has 1 unspecified atom stereocenters. The van der Waals surface area contributed by atoms with Crippen LogP contribution in [-0.2, 0) is 16.1 Å². The van der Waals surface area contributed by atoms with Crippen molar-refractivity contribution in [2.24, 2.45) is 0 Å². The van der Waals surface area contributed by atoms with Crippen LogP contribution >= 0.6 is 23.4 Å². The number of ether oxygens (including phenoxy) is 2. The van der Waals surface area contributed by atoms with E-state index in [0.717, 1.165) is 30.2 Å². The van der Waals surface area contributed by atoms with Crippen LogP contribution in [0.3, 0.4) is 0 Å². The number of hydrogen-bond donors (Lipinski definition) is 0. The Morgan fingerprint density at radius 3 is 3.18 bits per heavy atom. The van der Waals surface area contributed by atoms with Gasteiger partial charge in [-0.05, 0) is 12.8 Å². The van der Waals surface area contributed by atoms with E-state index in [1.165, 1.54) is 0 Å². The lowest BCUT2D eigenvalue weighted by atomic mass is 10.3. The molecule has 1 aliphatic heterocycles. The van der Waals surface area contributed by atoms with Crippen molar-refractivity contribution in [1.29, 1.82) is 0 Å². The van der Waals surface area contributed by atoms with Crippen LogP contribution in [0.4, 0.5) is 0 Å². The Labute approximate surface area is 110 Å². The fourth-order valence-electron chi connectivity index (χ4n) is 1.66. The Morgan fingerprint density at radius 1 is 1.59 bits per heavy atom. The third-order valence-electron chi connectivity index (χ3n) is 2.43. The molecule has 17 heavy (non-hydrogen) atoms. The van der Waals surface area contributed by atoms with E-state index in [2.05, 4.69) is 9.97 Å². The summed E-state index contributed by atoms with van der Waals surface area (Å²) < 4.78 is 10.6. The molecule has 1 aromatic rings. The first-order chi connectivity index (χ1) is 8.28. The summed E-state index contributed by atoms with van der Waals surface area (Å²) in [6.45, 7) is 1.26. The van der Waals surface area contributed by atoms with Gasteiger partial charge in [0.2, 0.25) is 0 Å². The first-order valence-electron chi connectivity index (χ1n) is 5.54. The molecule has 0 N–H and O–H groups in total. The summed E-state index contributed by atoms with van der Waals surface area (Å²) in [5.74, 6) is 1.54. The van der Waals surface area contributed by atoms with Crippen LogP contribution in [0.1, 0.15) is 18.7 Å². The molecule has 6 heteroatoms. The van der Waals surface area contributed by atoms with E-state index in [9.17, 15) is 0 Å². The van der Waals surface area contributed by atoms with Crippen molar-refractivity contribution < 1.29 is 9.47 Å². The Hall–Kier alpha value is -0.360. The van der Waals surface area contributed by atoms with E-state index in [1.54, 1.807) is 24.9 Å². The van der Waals surface area contributed by atoms with Gasteiger partial charge in [-0.15, -0.1) is 11.8 Å². The van der Waals surface area contributed by atoms with Gasteiger partial charge >= 0.3 is 0 Å². The molecule has 4 nitrogen and oxygen atoms in total. The molecule has 0 amide bonds. The van der Waals surface area contributed by atoms with Gasteiger partial charge in [0.25, 0.3) is 0 Å². The van der Waals surface area contributed by atoms with Gasteiger partial charge in [0, 0.05) is 25.5 Å². The second-order valence-electron chi connectivity index (χ2n) is 3.82. The van der Waals surface area contributed by atoms with Crippen LogP contribution in [-0.4, -0.2) is 35.5 Å². The second-order valence-corrected chi connectivity index (χ2v) is 5.25. The zero-order valence-electron chi connectivity index (χ0n) is 9.69. The molecule has 2 heterocycles. The maximum absolute atomic E-state index is 5.93. The van der Waals surface area contributed by atoms with Crippen molar-refractivity contribution in [2.45, 2.75) is 30.6 Å². The summed E-state index contributed by atoms with van der Waals surface area (Å²) >= 11 is 7.59. The largest absolute Gasteiger partial charge is 0.377 e. The lowest BCUT2D eigenvalue weighted by Crippen LogP contribution is -2.08. The summed E-state index contributed by atoms with van der Waals surface area (Å²) in [5, 5.41) is 1.34. The van der Waals surface area contributed by atoms with Crippen LogP contribution in [0, 0.1) is 0 Å². The number of halogens is 1. The molecule has 0 spiro atoms. The van der Waals surface area contributed by atoms with E-state index in [-0.39, 0.29) is 0 Å². The van der Waals surface area contributed by atoms with E-state index in [4.69, 9.17) is 21.1 Å². The summed E-state index contributed by atoms with van der Waals surface area (Å²) in [6.07, 6.45) is 2.64. The van der Waals surface area contributed by atoms with Crippen molar-refractivity contribution in [3.63, 3.8) is 0 Å². The predicted molar refractivity (Wildman–Crippen MR) is 67.5 cm³/mol. The first kappa shape index (κ1) is 13.1. The standard InChI is InChI=1S/C11H15ClN2O2S/c1-15-6-10-13-9(12)5-11(14-10)17-7-8-3-2-4-16-8/h5,8H,2-4,6-7H2,1H3. The summed E-state index contributed by atoms with van der Waals surface area (Å²) in [5.41, 5.74) is 0. The first-order valence-corrected chi connectivity index (χ1v) is 6.91. The summed E-state index contributed by atoms with van der Waals surface area (Å²) in [6, 6.07) is 1.78. The molecule has 1 saturated heterocycles. The van der Waals surface area contributed by atoms with Gasteiger partial charge in [-0.1, -0.05) is 11.6 Å². The van der Waals surface area contributed by atoms with Crippen LogP contribution in [0.15, 0.2) is 11.1 Å². The highest BCUT2D eigenvalue weighted by atomic mass is 35.5. The zero-order chi connectivity index (χ0) is 12.1. The van der Waals surface area contributed by atoms with Crippen LogP contribution in [0.25, 0.3) is 0 Å². The van der Waals surface area contributed by atoms with E-state index in [0.29, 0.717) is 23.7 Å². The number of aromatic nitrogens is 2. The van der Waals surface area contributed by atoms with Crippen LogP contribution in [0.2, 0.25) is 5.15 Å². The summed E-state index contributed by atoms with van der Waals surface area (Å²) in [4.78, 5) is 8.46. The summed E-state index contributed by atoms with van der Waals surface area (Å²) in [7, 11) is 1.61. The normalized spacial score (nSPS) is 19.8. The highest BCUT2D eigenvalue weighted by Gasteiger charge is 2.16. The number of thioether (sulfide) groups is 1. The molecule has 1 aliphatic rings. The Bertz CT molecular complexity index is 372. The third-order valence-corrected chi connectivity index (χ3v) is 3.67. The van der Waals surface area contributed by atoms with E-state index < -0.39 is 0 Å². The van der Waals surface area contributed by atoms with Gasteiger partial charge in [-0.2, -0.15) is 0 Å². The highest BCUT2D eigenvalue weighted by Crippen LogP contribution is 2.24. The van der Waals surface area contributed by atoms with E-state index >= 15 is 0 Å². The number of nitrogens with zero attached hydrogens (tertiary/aromatic N) is 2. The number of rotatable bonds is 5. The Balaban J connectivity index is 1.94. The monoisotopic (exact) mass is 274 g/mol. The quantitative estimate of drug-likeness (QED) is 0.610. The molecule has 94 valence electrons. The molecule has 0 bridgehead atoms.